The Morgan fingerprint density at radius 3 is 2.71 bits per heavy atom. The number of amides is 2. The maximum atomic E-state index is 12.9. The van der Waals surface area contributed by atoms with Crippen LogP contribution in [0.5, 0.6) is 0 Å². The summed E-state index contributed by atoms with van der Waals surface area (Å²) in [6.07, 6.45) is 4.21. The first-order valence-corrected chi connectivity index (χ1v) is 13.4. The van der Waals surface area contributed by atoms with Gasteiger partial charge in [0.1, 0.15) is 11.7 Å². The first-order valence-electron chi connectivity index (χ1n) is 11.8. The lowest BCUT2D eigenvalue weighted by molar-refractivity contribution is -0.138. The summed E-state index contributed by atoms with van der Waals surface area (Å²) in [6.45, 7) is 5.04. The number of aliphatic carboxylic acids is 1. The zero-order valence-corrected chi connectivity index (χ0v) is 20.3. The average Bonchev–Trinajstić information content (AvgIpc) is 3.26. The Balaban J connectivity index is 1.56. The number of hydrogen-bond donors (Lipinski definition) is 4. The van der Waals surface area contributed by atoms with Crippen molar-refractivity contribution in [2.24, 2.45) is 5.92 Å². The number of nitrogens with zero attached hydrogens (tertiary/aromatic N) is 3. The van der Waals surface area contributed by atoms with Crippen molar-refractivity contribution in [3.8, 4) is 0 Å². The van der Waals surface area contributed by atoms with E-state index in [2.05, 4.69) is 20.5 Å². The van der Waals surface area contributed by atoms with E-state index < -0.39 is 34.5 Å². The zero-order valence-electron chi connectivity index (χ0n) is 19.5. The van der Waals surface area contributed by atoms with E-state index in [-0.39, 0.29) is 17.4 Å². The number of hydrogen-bond acceptors (Lipinski definition) is 7. The minimum Gasteiger partial charge on any atom is -0.480 e. The highest BCUT2D eigenvalue weighted by Gasteiger charge is 2.29. The van der Waals surface area contributed by atoms with Gasteiger partial charge in [-0.3, -0.25) is 19.1 Å². The normalized spacial score (nSPS) is 17.9. The van der Waals surface area contributed by atoms with Gasteiger partial charge in [0.15, 0.2) is 5.69 Å². The van der Waals surface area contributed by atoms with Crippen molar-refractivity contribution >= 4 is 27.8 Å². The highest BCUT2D eigenvalue weighted by Crippen LogP contribution is 2.19. The number of piperidine rings is 1. The van der Waals surface area contributed by atoms with Gasteiger partial charge in [0.2, 0.25) is 10.0 Å². The Labute approximate surface area is 199 Å². The maximum Gasteiger partial charge on any atom is 0.323 e. The Hall–Kier alpha value is -2.51. The predicted octanol–water partition coefficient (Wildman–Crippen LogP) is -0.369. The molecule has 1 atom stereocenters. The molecule has 190 valence electrons. The molecule has 1 fully saturated rings. The monoisotopic (exact) mass is 498 g/mol. The highest BCUT2D eigenvalue weighted by atomic mass is 32.2. The summed E-state index contributed by atoms with van der Waals surface area (Å²) in [5, 5.41) is 19.3. The van der Waals surface area contributed by atoms with Crippen LogP contribution in [0.4, 0.5) is 0 Å². The molecular formula is C21H34N6O6S. The summed E-state index contributed by atoms with van der Waals surface area (Å²) in [5.74, 6) is -1.84. The molecule has 3 heterocycles. The summed E-state index contributed by atoms with van der Waals surface area (Å²) in [7, 11) is -3.79. The molecule has 2 aliphatic heterocycles. The van der Waals surface area contributed by atoms with Crippen molar-refractivity contribution < 1.29 is 27.9 Å². The minimum atomic E-state index is -3.79. The number of carbonyl (C=O) groups excluding carboxylic acids is 2. The molecule has 2 amide bonds. The van der Waals surface area contributed by atoms with Crippen LogP contribution in [0.3, 0.4) is 0 Å². The second kappa shape index (κ2) is 11.8. The van der Waals surface area contributed by atoms with Crippen LogP contribution in [0.1, 0.15) is 60.0 Å². The smallest absolute Gasteiger partial charge is 0.323 e. The molecule has 3 rings (SSSR count). The quantitative estimate of drug-likeness (QED) is 0.303. The van der Waals surface area contributed by atoms with Gasteiger partial charge in [0, 0.05) is 25.7 Å². The van der Waals surface area contributed by atoms with Crippen LogP contribution in [0.25, 0.3) is 0 Å². The summed E-state index contributed by atoms with van der Waals surface area (Å²) < 4.78 is 27.6. The van der Waals surface area contributed by atoms with Crippen molar-refractivity contribution in [2.75, 3.05) is 38.5 Å². The topological polar surface area (TPSA) is 163 Å². The number of carbonyl (C=O) groups is 3. The van der Waals surface area contributed by atoms with Crippen LogP contribution >= 0.6 is 0 Å². The van der Waals surface area contributed by atoms with E-state index in [1.54, 1.807) is 4.90 Å². The van der Waals surface area contributed by atoms with Gasteiger partial charge in [-0.2, -0.15) is 9.82 Å². The van der Waals surface area contributed by atoms with Gasteiger partial charge in [-0.1, -0.05) is 13.3 Å². The van der Waals surface area contributed by atoms with Crippen LogP contribution in [0.15, 0.2) is 6.07 Å². The Morgan fingerprint density at radius 2 is 2.03 bits per heavy atom. The molecule has 0 bridgehead atoms. The fourth-order valence-electron chi connectivity index (χ4n) is 4.15. The largest absolute Gasteiger partial charge is 0.480 e. The molecule has 0 spiro atoms. The van der Waals surface area contributed by atoms with Crippen molar-refractivity contribution in [3.05, 3.63) is 17.5 Å². The molecular weight excluding hydrogens is 464 g/mol. The Bertz CT molecular complexity index is 988. The molecule has 0 aliphatic carbocycles. The fourth-order valence-corrected chi connectivity index (χ4v) is 5.55. The second-order valence-corrected chi connectivity index (χ2v) is 10.7. The van der Waals surface area contributed by atoms with E-state index in [1.165, 1.54) is 10.7 Å². The number of fused-ring (bicyclic) bond motifs is 1. The molecule has 34 heavy (non-hydrogen) atoms. The van der Waals surface area contributed by atoms with E-state index >= 15 is 0 Å². The average molecular weight is 499 g/mol. The molecule has 1 saturated heterocycles. The molecule has 0 saturated carbocycles. The second-order valence-electron chi connectivity index (χ2n) is 8.80. The molecule has 13 heteroatoms. The van der Waals surface area contributed by atoms with E-state index in [1.807, 2.05) is 6.92 Å². The summed E-state index contributed by atoms with van der Waals surface area (Å²) >= 11 is 0. The summed E-state index contributed by atoms with van der Waals surface area (Å²) in [6, 6.07) is -0.106. The summed E-state index contributed by atoms with van der Waals surface area (Å²) in [4.78, 5) is 38.7. The Morgan fingerprint density at radius 1 is 1.29 bits per heavy atom. The van der Waals surface area contributed by atoms with Gasteiger partial charge < -0.3 is 20.6 Å². The zero-order chi connectivity index (χ0) is 24.7. The number of carboxylic acids is 1. The van der Waals surface area contributed by atoms with E-state index in [0.29, 0.717) is 44.1 Å². The number of nitrogens with one attached hydrogen (secondary N) is 3. The molecule has 0 aromatic carbocycles. The third-order valence-electron chi connectivity index (χ3n) is 6.22. The molecule has 1 aromatic heterocycles. The van der Waals surface area contributed by atoms with Gasteiger partial charge >= 0.3 is 5.97 Å². The molecule has 0 unspecified atom stereocenters. The van der Waals surface area contributed by atoms with E-state index in [0.717, 1.165) is 32.4 Å². The molecule has 4 N–H and O–H groups in total. The van der Waals surface area contributed by atoms with Crippen LogP contribution in [-0.2, 0) is 21.4 Å². The predicted molar refractivity (Wildman–Crippen MR) is 124 cm³/mol. The van der Waals surface area contributed by atoms with Gasteiger partial charge in [0.25, 0.3) is 11.8 Å². The highest BCUT2D eigenvalue weighted by molar-refractivity contribution is 7.89. The fraction of sp³-hybridized carbons (Fsp3) is 0.714. The number of sulfonamides is 1. The van der Waals surface area contributed by atoms with Crippen molar-refractivity contribution in [2.45, 2.75) is 51.6 Å². The standard InChI is InChI=1S/C21H34N6O6S/c1-2-3-12-34(32,33)25-17(21(30)31)14-23-19(28)16-13-18-20(29)26(10-11-27(18)24-16)9-6-15-4-7-22-8-5-15/h13,15,17,22,25H,2-12,14H2,1H3,(H,23,28)(H,30,31)/t17-/m0/s1. The number of rotatable bonds is 12. The van der Waals surface area contributed by atoms with Crippen LogP contribution in [-0.4, -0.2) is 90.5 Å². The minimum absolute atomic E-state index is 0.0125. The lowest BCUT2D eigenvalue weighted by Crippen LogP contribution is -2.49. The number of carboxylic acid groups (broad SMARTS) is 1. The molecule has 1 aromatic rings. The lowest BCUT2D eigenvalue weighted by atomic mass is 9.94. The Kier molecular flexibility index (Phi) is 9.03. The molecule has 12 nitrogen and oxygen atoms in total. The third-order valence-corrected chi connectivity index (χ3v) is 7.69. The van der Waals surface area contributed by atoms with Gasteiger partial charge in [-0.05, 0) is 44.7 Å². The van der Waals surface area contributed by atoms with Gasteiger partial charge in [0.05, 0.1) is 12.3 Å². The van der Waals surface area contributed by atoms with E-state index in [9.17, 15) is 27.9 Å². The third kappa shape index (κ3) is 7.00. The number of unbranched alkanes of at least 4 members (excludes halogenated alkanes) is 1. The van der Waals surface area contributed by atoms with Crippen molar-refractivity contribution in [1.82, 2.24) is 30.0 Å². The van der Waals surface area contributed by atoms with Crippen LogP contribution in [0.2, 0.25) is 0 Å². The first kappa shape index (κ1) is 26.1. The maximum absolute atomic E-state index is 12.9. The first-order chi connectivity index (χ1) is 16.2. The SMILES string of the molecule is CCCCS(=O)(=O)N[C@@H](CNC(=O)c1cc2n(n1)CCN(CCC1CCNCC1)C2=O)C(=O)O. The number of aromatic nitrogens is 2. The van der Waals surface area contributed by atoms with Crippen LogP contribution in [0, 0.1) is 5.92 Å². The molecule has 2 aliphatic rings. The molecule has 0 radical (unpaired) electrons. The van der Waals surface area contributed by atoms with Crippen molar-refractivity contribution in [3.63, 3.8) is 0 Å². The van der Waals surface area contributed by atoms with Gasteiger partial charge in [-0.15, -0.1) is 0 Å². The van der Waals surface area contributed by atoms with E-state index in [4.69, 9.17) is 0 Å². The summed E-state index contributed by atoms with van der Waals surface area (Å²) in [5.41, 5.74) is 0.304. The van der Waals surface area contributed by atoms with Crippen molar-refractivity contribution in [1.29, 1.82) is 0 Å². The van der Waals surface area contributed by atoms with Gasteiger partial charge in [-0.25, -0.2) is 8.42 Å². The lowest BCUT2D eigenvalue weighted by Gasteiger charge is -2.30. The van der Waals surface area contributed by atoms with Crippen LogP contribution < -0.4 is 15.4 Å².